The highest BCUT2D eigenvalue weighted by atomic mass is 16.7. The number of nitrogens with zero attached hydrogens (tertiary/aromatic N) is 1. The van der Waals surface area contributed by atoms with Gasteiger partial charge in [0.2, 0.25) is 0 Å². The number of rotatable bonds is 38. The SMILES string of the molecule is CCCCCCC/C=C/CCCCCCCCOc1cc(OCCCCCCCC/C=C\CCCCCCCC)cc(C2OCC(COC(=O)CN(C)C)O2)c1. The fraction of sp³-hybridized carbons (Fsp3) is 0.776. The average molecular weight is 784 g/mol. The minimum absolute atomic E-state index is 0.175. The molecule has 322 valence electrons. The lowest BCUT2D eigenvalue weighted by molar-refractivity contribution is -0.148. The van der Waals surface area contributed by atoms with E-state index in [4.69, 9.17) is 23.7 Å². The quantitative estimate of drug-likeness (QED) is 0.0376. The summed E-state index contributed by atoms with van der Waals surface area (Å²) in [7, 11) is 3.69. The molecule has 56 heavy (non-hydrogen) atoms. The van der Waals surface area contributed by atoms with E-state index in [1.807, 2.05) is 32.3 Å². The van der Waals surface area contributed by atoms with Crippen molar-refractivity contribution in [1.82, 2.24) is 4.90 Å². The molecule has 1 aromatic carbocycles. The van der Waals surface area contributed by atoms with Crippen LogP contribution in [-0.2, 0) is 19.0 Å². The average Bonchev–Trinajstić information content (AvgIpc) is 3.67. The summed E-state index contributed by atoms with van der Waals surface area (Å²) in [4.78, 5) is 13.8. The van der Waals surface area contributed by atoms with Crippen molar-refractivity contribution in [1.29, 1.82) is 0 Å². The number of allylic oxidation sites excluding steroid dienone is 4. The topological polar surface area (TPSA) is 66.5 Å². The van der Waals surface area contributed by atoms with Crippen LogP contribution in [0, 0.1) is 0 Å². The second-order valence-electron chi connectivity index (χ2n) is 16.3. The Morgan fingerprint density at radius 3 is 1.45 bits per heavy atom. The number of carbonyl (C=O) groups is 1. The van der Waals surface area contributed by atoms with Gasteiger partial charge < -0.3 is 23.7 Å². The van der Waals surface area contributed by atoms with Crippen LogP contribution in [0.1, 0.15) is 199 Å². The van der Waals surface area contributed by atoms with Gasteiger partial charge in [-0.1, -0.05) is 147 Å². The van der Waals surface area contributed by atoms with Crippen molar-refractivity contribution in [2.75, 3.05) is 47.1 Å². The van der Waals surface area contributed by atoms with Gasteiger partial charge in [-0.2, -0.15) is 0 Å². The lowest BCUT2D eigenvalue weighted by atomic mass is 10.1. The molecule has 7 heteroatoms. The van der Waals surface area contributed by atoms with E-state index in [2.05, 4.69) is 38.2 Å². The summed E-state index contributed by atoms with van der Waals surface area (Å²) >= 11 is 0. The number of benzene rings is 1. The third-order valence-corrected chi connectivity index (χ3v) is 10.4. The van der Waals surface area contributed by atoms with E-state index in [1.54, 1.807) is 4.90 Å². The van der Waals surface area contributed by atoms with Crippen molar-refractivity contribution in [2.24, 2.45) is 0 Å². The molecule has 0 N–H and O–H groups in total. The van der Waals surface area contributed by atoms with Crippen LogP contribution in [0.25, 0.3) is 0 Å². The molecule has 7 nitrogen and oxygen atoms in total. The molecule has 0 aromatic heterocycles. The van der Waals surface area contributed by atoms with Gasteiger partial charge in [0.1, 0.15) is 24.2 Å². The van der Waals surface area contributed by atoms with Crippen molar-refractivity contribution >= 4 is 5.97 Å². The Morgan fingerprint density at radius 2 is 1.02 bits per heavy atom. The van der Waals surface area contributed by atoms with E-state index in [9.17, 15) is 4.79 Å². The molecule has 0 bridgehead atoms. The third-order valence-electron chi connectivity index (χ3n) is 10.4. The van der Waals surface area contributed by atoms with E-state index in [0.717, 1.165) is 29.9 Å². The Bertz CT molecular complexity index is 1120. The largest absolute Gasteiger partial charge is 0.493 e. The summed E-state index contributed by atoms with van der Waals surface area (Å²) in [6.45, 7) is 6.69. The highest BCUT2D eigenvalue weighted by Gasteiger charge is 2.29. The fourth-order valence-corrected chi connectivity index (χ4v) is 7.00. The summed E-state index contributed by atoms with van der Waals surface area (Å²) in [5.74, 6) is 1.29. The normalized spacial score (nSPS) is 15.8. The van der Waals surface area contributed by atoms with Gasteiger partial charge in [0.25, 0.3) is 0 Å². The van der Waals surface area contributed by atoms with Crippen molar-refractivity contribution in [2.45, 2.75) is 200 Å². The van der Waals surface area contributed by atoms with Crippen LogP contribution < -0.4 is 9.47 Å². The lowest BCUT2D eigenvalue weighted by Gasteiger charge is -2.16. The first kappa shape index (κ1) is 49.8. The van der Waals surface area contributed by atoms with Gasteiger partial charge in [-0.3, -0.25) is 9.69 Å². The Labute approximate surface area is 344 Å². The summed E-state index contributed by atoms with van der Waals surface area (Å²) in [6.07, 6.45) is 43.4. The van der Waals surface area contributed by atoms with Crippen LogP contribution in [0.2, 0.25) is 0 Å². The second kappa shape index (κ2) is 35.8. The van der Waals surface area contributed by atoms with E-state index < -0.39 is 6.29 Å². The molecule has 0 spiro atoms. The fourth-order valence-electron chi connectivity index (χ4n) is 7.00. The molecule has 0 radical (unpaired) electrons. The van der Waals surface area contributed by atoms with Crippen LogP contribution in [0.4, 0.5) is 0 Å². The number of likely N-dealkylation sites (N-methyl/N-ethyl adjacent to an activating group) is 1. The Kier molecular flexibility index (Phi) is 31.8. The molecule has 0 saturated carbocycles. The number of esters is 1. The van der Waals surface area contributed by atoms with Crippen molar-refractivity contribution in [3.05, 3.63) is 48.1 Å². The molecule has 1 saturated heterocycles. The molecule has 0 amide bonds. The van der Waals surface area contributed by atoms with Crippen molar-refractivity contribution in [3.63, 3.8) is 0 Å². The van der Waals surface area contributed by atoms with E-state index in [-0.39, 0.29) is 25.2 Å². The highest BCUT2D eigenvalue weighted by Crippen LogP contribution is 2.33. The zero-order chi connectivity index (χ0) is 40.2. The molecule has 0 aliphatic carbocycles. The minimum Gasteiger partial charge on any atom is -0.493 e. The number of hydrogen-bond acceptors (Lipinski definition) is 7. The maximum absolute atomic E-state index is 12.0. The number of ether oxygens (including phenoxy) is 5. The first-order valence-corrected chi connectivity index (χ1v) is 23.3. The van der Waals surface area contributed by atoms with E-state index in [1.165, 1.54) is 161 Å². The third kappa shape index (κ3) is 28.1. The minimum atomic E-state index is -0.551. The Balaban J connectivity index is 1.68. The summed E-state index contributed by atoms with van der Waals surface area (Å²) in [5, 5.41) is 0. The van der Waals surface area contributed by atoms with Crippen LogP contribution in [0.15, 0.2) is 42.5 Å². The molecule has 1 heterocycles. The predicted octanol–water partition coefficient (Wildman–Crippen LogP) is 13.6. The molecular weight excluding hydrogens is 699 g/mol. The Hall–Kier alpha value is -2.35. The predicted molar refractivity (Wildman–Crippen MR) is 235 cm³/mol. The maximum atomic E-state index is 12.0. The first-order valence-electron chi connectivity index (χ1n) is 23.3. The van der Waals surface area contributed by atoms with Gasteiger partial charge in [-0.15, -0.1) is 0 Å². The number of unbranched alkanes of at least 4 members (excludes halogenated alkanes) is 23. The monoisotopic (exact) mass is 784 g/mol. The molecule has 1 fully saturated rings. The summed E-state index contributed by atoms with van der Waals surface area (Å²) < 4.78 is 30.1. The van der Waals surface area contributed by atoms with Gasteiger partial charge in [0.05, 0.1) is 26.4 Å². The Morgan fingerprint density at radius 1 is 0.607 bits per heavy atom. The zero-order valence-electron chi connectivity index (χ0n) is 36.7. The van der Waals surface area contributed by atoms with Gasteiger partial charge in [0, 0.05) is 11.6 Å². The molecule has 2 rings (SSSR count). The van der Waals surface area contributed by atoms with Crippen LogP contribution >= 0.6 is 0 Å². The highest BCUT2D eigenvalue weighted by molar-refractivity contribution is 5.71. The second-order valence-corrected chi connectivity index (χ2v) is 16.3. The maximum Gasteiger partial charge on any atom is 0.320 e. The van der Waals surface area contributed by atoms with Crippen LogP contribution in [-0.4, -0.2) is 64.0 Å². The molecule has 2 atom stereocenters. The first-order chi connectivity index (χ1) is 27.5. The molecule has 2 unspecified atom stereocenters. The number of carbonyl (C=O) groups excluding carboxylic acids is 1. The van der Waals surface area contributed by atoms with E-state index in [0.29, 0.717) is 19.8 Å². The lowest BCUT2D eigenvalue weighted by Crippen LogP contribution is -2.27. The van der Waals surface area contributed by atoms with Gasteiger partial charge >= 0.3 is 5.97 Å². The number of hydrogen-bond donors (Lipinski definition) is 0. The zero-order valence-corrected chi connectivity index (χ0v) is 36.7. The van der Waals surface area contributed by atoms with Gasteiger partial charge in [0.15, 0.2) is 6.29 Å². The molecule has 1 aliphatic heterocycles. The van der Waals surface area contributed by atoms with Crippen LogP contribution in [0.3, 0.4) is 0 Å². The van der Waals surface area contributed by atoms with Gasteiger partial charge in [-0.25, -0.2) is 0 Å². The molecular formula is C49H85NO6. The van der Waals surface area contributed by atoms with Crippen molar-refractivity contribution < 1.29 is 28.5 Å². The standard InChI is InChI=1S/C49H85NO6/c1-5-7-9-11-13-15-17-19-21-23-25-27-29-31-33-35-37-53-46-39-44(49-55-43-47(56-49)42-54-48(51)41-50(3)4)38-45(40-46)52-36-34-32-30-28-26-24-22-20-18-16-14-12-10-8-6-2/h18-21,38-40,47,49H,5-17,22-37,41-43H2,1-4H3/b20-18+,21-19-. The smallest absolute Gasteiger partial charge is 0.320 e. The van der Waals surface area contributed by atoms with E-state index >= 15 is 0 Å². The molecule has 1 aromatic rings. The summed E-state index contributed by atoms with van der Waals surface area (Å²) in [5.41, 5.74) is 0.867. The summed E-state index contributed by atoms with van der Waals surface area (Å²) in [6, 6.07) is 6.00. The van der Waals surface area contributed by atoms with Crippen LogP contribution in [0.5, 0.6) is 11.5 Å². The van der Waals surface area contributed by atoms with Crippen molar-refractivity contribution in [3.8, 4) is 11.5 Å². The van der Waals surface area contributed by atoms with Gasteiger partial charge in [-0.05, 0) is 90.4 Å². The molecule has 1 aliphatic rings.